The number of thioether (sulfide) groups is 1. The molecule has 2 aromatic carbocycles. The lowest BCUT2D eigenvalue weighted by molar-refractivity contribution is -0.702. The molecule has 3 rings (SSSR count). The molecule has 0 saturated heterocycles. The molecule has 0 unspecified atom stereocenters. The quantitative estimate of drug-likeness (QED) is 0.191. The summed E-state index contributed by atoms with van der Waals surface area (Å²) in [6.45, 7) is 3.69. The molecule has 3 aromatic rings. The maximum Gasteiger partial charge on any atom is 0.673 e. The third-order valence-electron chi connectivity index (χ3n) is 4.32. The van der Waals surface area contributed by atoms with Crippen LogP contribution in [0, 0.1) is 6.92 Å². The lowest BCUT2D eigenvalue weighted by atomic mass is 10.1. The van der Waals surface area contributed by atoms with Gasteiger partial charge >= 0.3 is 7.25 Å². The maximum absolute atomic E-state index is 9.75. The van der Waals surface area contributed by atoms with Crippen molar-refractivity contribution in [1.82, 2.24) is 0 Å². The fraction of sp³-hybridized carbons (Fsp3) is 0.227. The van der Waals surface area contributed by atoms with Crippen molar-refractivity contribution in [3.8, 4) is 5.75 Å². The molecule has 0 atom stereocenters. The molecule has 0 N–H and O–H groups in total. The Labute approximate surface area is 179 Å². The molecule has 160 valence electrons. The highest BCUT2D eigenvalue weighted by molar-refractivity contribution is 7.98. The second-order valence-electron chi connectivity index (χ2n) is 6.50. The molecule has 0 aliphatic heterocycles. The number of rotatable bonds is 7. The van der Waals surface area contributed by atoms with E-state index in [2.05, 4.69) is 72.5 Å². The van der Waals surface area contributed by atoms with Crippen LogP contribution >= 0.6 is 11.8 Å². The molecule has 2 nitrogen and oxygen atoms in total. The van der Waals surface area contributed by atoms with Gasteiger partial charge in [0.15, 0.2) is 18.5 Å². The van der Waals surface area contributed by atoms with Crippen LogP contribution in [0.5, 0.6) is 5.75 Å². The zero-order chi connectivity index (χ0) is 22.0. The highest BCUT2D eigenvalue weighted by Gasteiger charge is 2.20. The fourth-order valence-electron chi connectivity index (χ4n) is 2.86. The molecule has 1 aromatic heterocycles. The summed E-state index contributed by atoms with van der Waals surface area (Å²) >= 11 is 1.73. The topological polar surface area (TPSA) is 13.1 Å². The Kier molecular flexibility index (Phi) is 9.24. The third-order valence-corrected chi connectivity index (χ3v) is 5.08. The lowest BCUT2D eigenvalue weighted by Crippen LogP contribution is -2.38. The maximum atomic E-state index is 9.75. The minimum Gasteiger partial charge on any atom is -0.482 e. The number of aryl methyl sites for hydroxylation is 2. The summed E-state index contributed by atoms with van der Waals surface area (Å²) < 4.78 is 47.5. The van der Waals surface area contributed by atoms with Gasteiger partial charge in [0.05, 0.1) is 4.90 Å². The molecule has 0 aliphatic rings. The first-order chi connectivity index (χ1) is 14.3. The summed E-state index contributed by atoms with van der Waals surface area (Å²) in [6, 6.07) is 23.1. The first kappa shape index (κ1) is 23.8. The molecule has 0 radical (unpaired) electrons. The minimum absolute atomic E-state index is 0.595. The van der Waals surface area contributed by atoms with E-state index in [1.807, 2.05) is 18.2 Å². The summed E-state index contributed by atoms with van der Waals surface area (Å²) in [5, 5.41) is 0. The van der Waals surface area contributed by atoms with Crippen LogP contribution < -0.4 is 9.30 Å². The molecule has 0 bridgehead atoms. The molecule has 0 fully saturated rings. The number of aromatic nitrogens is 1. The van der Waals surface area contributed by atoms with Crippen LogP contribution in [-0.4, -0.2) is 13.5 Å². The van der Waals surface area contributed by atoms with Gasteiger partial charge in [-0.15, -0.1) is 11.8 Å². The van der Waals surface area contributed by atoms with Crippen LogP contribution in [0.4, 0.5) is 17.3 Å². The summed E-state index contributed by atoms with van der Waals surface area (Å²) in [4.78, 5) is 1.18. The summed E-state index contributed by atoms with van der Waals surface area (Å²) in [5.74, 6) is 0.993. The highest BCUT2D eigenvalue weighted by Crippen LogP contribution is 2.29. The van der Waals surface area contributed by atoms with Crippen LogP contribution in [0.2, 0.25) is 0 Å². The summed E-state index contributed by atoms with van der Waals surface area (Å²) in [6.07, 6.45) is 5.28. The van der Waals surface area contributed by atoms with E-state index < -0.39 is 7.25 Å². The number of pyridine rings is 1. The molecule has 0 amide bonds. The largest absolute Gasteiger partial charge is 0.673 e. The Morgan fingerprint density at radius 1 is 0.867 bits per heavy atom. The average Bonchev–Trinajstić information content (AvgIpc) is 2.72. The number of hydrogen-bond donors (Lipinski definition) is 0. The molecule has 0 saturated carbocycles. The normalized spacial score (nSPS) is 10.9. The van der Waals surface area contributed by atoms with E-state index in [0.29, 0.717) is 6.61 Å². The van der Waals surface area contributed by atoms with Gasteiger partial charge < -0.3 is 22.0 Å². The van der Waals surface area contributed by atoms with Crippen molar-refractivity contribution in [2.24, 2.45) is 0 Å². The smallest absolute Gasteiger partial charge is 0.482 e. The van der Waals surface area contributed by atoms with Gasteiger partial charge in [0.1, 0.15) is 6.61 Å². The Morgan fingerprint density at radius 2 is 1.40 bits per heavy atom. The first-order valence-electron chi connectivity index (χ1n) is 9.43. The van der Waals surface area contributed by atoms with Gasteiger partial charge in [-0.3, -0.25) is 0 Å². The highest BCUT2D eigenvalue weighted by atomic mass is 32.2. The van der Waals surface area contributed by atoms with Crippen molar-refractivity contribution < 1.29 is 26.6 Å². The SMILES string of the molecule is CSc1cc[n+](CCc2ccccc2)c(C)c1OCc1ccccc1.F[B-](F)(F)F. The van der Waals surface area contributed by atoms with Crippen molar-refractivity contribution in [2.45, 2.75) is 31.4 Å². The molecular formula is C22H24BF4NOS. The molecular weight excluding hydrogens is 413 g/mol. The monoisotopic (exact) mass is 437 g/mol. The van der Waals surface area contributed by atoms with Crippen molar-refractivity contribution in [1.29, 1.82) is 0 Å². The van der Waals surface area contributed by atoms with Gasteiger partial charge in [-0.1, -0.05) is 60.7 Å². The fourth-order valence-corrected chi connectivity index (χ4v) is 3.45. The van der Waals surface area contributed by atoms with Gasteiger partial charge in [0, 0.05) is 19.4 Å². The van der Waals surface area contributed by atoms with Crippen LogP contribution in [0.15, 0.2) is 77.8 Å². The number of halogens is 4. The van der Waals surface area contributed by atoms with Crippen LogP contribution in [0.3, 0.4) is 0 Å². The Morgan fingerprint density at radius 3 is 1.93 bits per heavy atom. The van der Waals surface area contributed by atoms with E-state index in [1.54, 1.807) is 11.8 Å². The number of nitrogens with zero attached hydrogens (tertiary/aromatic N) is 1. The zero-order valence-corrected chi connectivity index (χ0v) is 17.7. The predicted molar refractivity (Wildman–Crippen MR) is 114 cm³/mol. The molecule has 0 aliphatic carbocycles. The first-order valence-corrected chi connectivity index (χ1v) is 10.7. The van der Waals surface area contributed by atoms with Crippen molar-refractivity contribution in [2.75, 3.05) is 6.26 Å². The van der Waals surface area contributed by atoms with E-state index in [-0.39, 0.29) is 0 Å². The third kappa shape index (κ3) is 8.49. The van der Waals surface area contributed by atoms with E-state index in [9.17, 15) is 17.3 Å². The van der Waals surface area contributed by atoms with E-state index in [0.717, 1.165) is 18.7 Å². The number of benzene rings is 2. The predicted octanol–water partition coefficient (Wildman–Crippen LogP) is 6.13. The second kappa shape index (κ2) is 11.6. The molecule has 30 heavy (non-hydrogen) atoms. The Bertz CT molecular complexity index is 902. The van der Waals surface area contributed by atoms with Crippen molar-refractivity contribution in [3.05, 3.63) is 89.7 Å². The molecule has 0 spiro atoms. The van der Waals surface area contributed by atoms with Crippen LogP contribution in [0.25, 0.3) is 0 Å². The van der Waals surface area contributed by atoms with E-state index in [4.69, 9.17) is 4.74 Å². The van der Waals surface area contributed by atoms with E-state index in [1.165, 1.54) is 21.7 Å². The van der Waals surface area contributed by atoms with Gasteiger partial charge in [0.25, 0.3) is 0 Å². The van der Waals surface area contributed by atoms with Gasteiger partial charge in [0.2, 0.25) is 5.69 Å². The van der Waals surface area contributed by atoms with Gasteiger partial charge in [-0.25, -0.2) is 0 Å². The van der Waals surface area contributed by atoms with Crippen molar-refractivity contribution in [3.63, 3.8) is 0 Å². The Hall–Kier alpha value is -2.48. The molecule has 8 heteroatoms. The number of hydrogen-bond acceptors (Lipinski definition) is 2. The Balaban J connectivity index is 0.000000575. The lowest BCUT2D eigenvalue weighted by Gasteiger charge is -2.12. The number of ether oxygens (including phenoxy) is 1. The van der Waals surface area contributed by atoms with E-state index >= 15 is 0 Å². The zero-order valence-electron chi connectivity index (χ0n) is 16.9. The summed E-state index contributed by atoms with van der Waals surface area (Å²) in [5.41, 5.74) is 3.72. The van der Waals surface area contributed by atoms with Crippen LogP contribution in [0.1, 0.15) is 16.8 Å². The standard InChI is InChI=1S/C22H24NOS.BF4/c1-18-22(24-17-20-11-7-4-8-12-20)21(25-2)14-16-23(18)15-13-19-9-5-3-6-10-19;2-1(3,4)5/h3-12,14,16H,13,15,17H2,1-2H3;/q+1;-1. The van der Waals surface area contributed by atoms with Gasteiger partial charge in [-0.05, 0) is 17.4 Å². The molecule has 1 heterocycles. The average molecular weight is 437 g/mol. The minimum atomic E-state index is -6.00. The van der Waals surface area contributed by atoms with Gasteiger partial charge in [-0.2, -0.15) is 4.57 Å². The summed E-state index contributed by atoms with van der Waals surface area (Å²) in [7, 11) is -6.00. The van der Waals surface area contributed by atoms with Crippen LogP contribution in [-0.2, 0) is 19.6 Å². The van der Waals surface area contributed by atoms with Crippen molar-refractivity contribution >= 4 is 19.0 Å². The second-order valence-corrected chi connectivity index (χ2v) is 7.34.